The molecule has 0 heterocycles. The third-order valence-corrected chi connectivity index (χ3v) is 3.32. The average molecular weight is 321 g/mol. The molecule has 0 aromatic heterocycles. The van der Waals surface area contributed by atoms with Crippen LogP contribution in [0.15, 0.2) is 36.4 Å². The number of aryl methyl sites for hydroxylation is 1. The highest BCUT2D eigenvalue weighted by Gasteiger charge is 2.21. The Balaban J connectivity index is 2.38. The van der Waals surface area contributed by atoms with Gasteiger partial charge >= 0.3 is 0 Å². The molecule has 0 radical (unpaired) electrons. The van der Waals surface area contributed by atoms with Crippen molar-refractivity contribution in [2.75, 3.05) is 12.4 Å². The van der Waals surface area contributed by atoms with Crippen molar-refractivity contribution in [1.29, 1.82) is 0 Å². The average Bonchev–Trinajstić information content (AvgIpc) is 2.49. The van der Waals surface area contributed by atoms with Crippen LogP contribution in [0.5, 0.6) is 5.75 Å². The summed E-state index contributed by atoms with van der Waals surface area (Å²) in [6.45, 7) is 1.78. The van der Waals surface area contributed by atoms with Gasteiger partial charge in [0.2, 0.25) is 0 Å². The van der Waals surface area contributed by atoms with Gasteiger partial charge in [-0.15, -0.1) is 0 Å². The van der Waals surface area contributed by atoms with Crippen LogP contribution in [0.3, 0.4) is 0 Å². The Labute approximate surface area is 131 Å². The Morgan fingerprint density at radius 2 is 2.00 bits per heavy atom. The zero-order chi connectivity index (χ0) is 16.3. The molecule has 2 aromatic rings. The minimum absolute atomic E-state index is 0.0706. The van der Waals surface area contributed by atoms with Crippen LogP contribution in [0.1, 0.15) is 15.9 Å². The van der Waals surface area contributed by atoms with Crippen LogP contribution in [0, 0.1) is 17.0 Å². The number of carbonyl (C=O) groups excluding carboxylic acids is 1. The molecule has 2 rings (SSSR count). The first kappa shape index (κ1) is 15.8. The van der Waals surface area contributed by atoms with Gasteiger partial charge in [0.05, 0.1) is 12.0 Å². The zero-order valence-electron chi connectivity index (χ0n) is 11.9. The minimum Gasteiger partial charge on any atom is -0.497 e. The highest BCUT2D eigenvalue weighted by atomic mass is 35.5. The highest BCUT2D eigenvalue weighted by Crippen LogP contribution is 2.26. The van der Waals surface area contributed by atoms with Gasteiger partial charge in [0, 0.05) is 16.8 Å². The summed E-state index contributed by atoms with van der Waals surface area (Å²) in [7, 11) is 1.42. The molecule has 114 valence electrons. The van der Waals surface area contributed by atoms with E-state index in [2.05, 4.69) is 5.32 Å². The molecular weight excluding hydrogens is 308 g/mol. The molecule has 0 unspecified atom stereocenters. The minimum atomic E-state index is -0.608. The predicted molar refractivity (Wildman–Crippen MR) is 83.8 cm³/mol. The fraction of sp³-hybridized carbons (Fsp3) is 0.133. The van der Waals surface area contributed by atoms with Crippen molar-refractivity contribution >= 4 is 28.9 Å². The summed E-state index contributed by atoms with van der Waals surface area (Å²) in [6.07, 6.45) is 0. The van der Waals surface area contributed by atoms with Crippen LogP contribution in [-0.2, 0) is 0 Å². The maximum absolute atomic E-state index is 12.3. The van der Waals surface area contributed by atoms with E-state index < -0.39 is 10.8 Å². The molecule has 0 saturated carbocycles. The maximum Gasteiger partial charge on any atom is 0.282 e. The summed E-state index contributed by atoms with van der Waals surface area (Å²) < 4.78 is 5.01. The van der Waals surface area contributed by atoms with Crippen molar-refractivity contribution in [2.24, 2.45) is 0 Å². The van der Waals surface area contributed by atoms with E-state index in [0.717, 1.165) is 5.56 Å². The number of nitro benzene ring substituents is 1. The van der Waals surface area contributed by atoms with E-state index in [1.807, 2.05) is 0 Å². The first-order valence-electron chi connectivity index (χ1n) is 6.32. The molecule has 0 fully saturated rings. The first-order chi connectivity index (χ1) is 10.4. The standard InChI is InChI=1S/C15H13ClN2O4/c1-9-7-10(16)3-5-13(9)17-15(19)12-8-11(22-2)4-6-14(12)18(20)21/h3-8H,1-2H3,(H,17,19). The number of hydrogen-bond acceptors (Lipinski definition) is 4. The predicted octanol–water partition coefficient (Wildman–Crippen LogP) is 3.82. The molecule has 7 heteroatoms. The second-order valence-corrected chi connectivity index (χ2v) is 4.99. The molecule has 1 N–H and O–H groups in total. The number of methoxy groups -OCH3 is 1. The lowest BCUT2D eigenvalue weighted by atomic mass is 10.1. The molecule has 1 amide bonds. The second kappa shape index (κ2) is 6.44. The second-order valence-electron chi connectivity index (χ2n) is 4.55. The summed E-state index contributed by atoms with van der Waals surface area (Å²) in [4.78, 5) is 22.8. The molecule has 22 heavy (non-hydrogen) atoms. The Morgan fingerprint density at radius 3 is 2.59 bits per heavy atom. The van der Waals surface area contributed by atoms with Crippen LogP contribution in [0.2, 0.25) is 5.02 Å². The Bertz CT molecular complexity index is 746. The van der Waals surface area contributed by atoms with Crippen LogP contribution < -0.4 is 10.1 Å². The van der Waals surface area contributed by atoms with E-state index in [-0.39, 0.29) is 11.3 Å². The number of benzene rings is 2. The molecule has 6 nitrogen and oxygen atoms in total. The summed E-state index contributed by atoms with van der Waals surface area (Å²) in [5.74, 6) is -0.223. The fourth-order valence-corrected chi connectivity index (χ4v) is 2.17. The molecule has 0 aliphatic heterocycles. The molecule has 0 bridgehead atoms. The van der Waals surface area contributed by atoms with Gasteiger partial charge < -0.3 is 10.1 Å². The molecule has 0 spiro atoms. The largest absolute Gasteiger partial charge is 0.497 e. The monoisotopic (exact) mass is 320 g/mol. The topological polar surface area (TPSA) is 81.5 Å². The van der Waals surface area contributed by atoms with Gasteiger partial charge in [0.15, 0.2) is 0 Å². The van der Waals surface area contributed by atoms with Crippen molar-refractivity contribution in [3.05, 3.63) is 62.7 Å². The van der Waals surface area contributed by atoms with E-state index in [9.17, 15) is 14.9 Å². The number of nitrogens with one attached hydrogen (secondary N) is 1. The van der Waals surface area contributed by atoms with Crippen LogP contribution in [0.4, 0.5) is 11.4 Å². The van der Waals surface area contributed by atoms with Crippen LogP contribution >= 0.6 is 11.6 Å². The lowest BCUT2D eigenvalue weighted by molar-refractivity contribution is -0.385. The lowest BCUT2D eigenvalue weighted by Crippen LogP contribution is -2.14. The molecule has 0 aliphatic carbocycles. The molecule has 0 aliphatic rings. The number of carbonyl (C=O) groups is 1. The number of halogens is 1. The number of anilines is 1. The number of hydrogen-bond donors (Lipinski definition) is 1. The highest BCUT2D eigenvalue weighted by molar-refractivity contribution is 6.30. The molecule has 2 aromatic carbocycles. The Morgan fingerprint density at radius 1 is 1.27 bits per heavy atom. The summed E-state index contributed by atoms with van der Waals surface area (Å²) in [6, 6.07) is 8.96. The number of rotatable bonds is 4. The normalized spacial score (nSPS) is 10.1. The van der Waals surface area contributed by atoms with Crippen molar-refractivity contribution in [2.45, 2.75) is 6.92 Å². The Hall–Kier alpha value is -2.60. The van der Waals surface area contributed by atoms with Crippen molar-refractivity contribution in [3.8, 4) is 5.75 Å². The van der Waals surface area contributed by atoms with Crippen LogP contribution in [-0.4, -0.2) is 17.9 Å². The van der Waals surface area contributed by atoms with E-state index in [0.29, 0.717) is 16.5 Å². The van der Waals surface area contributed by atoms with Gasteiger partial charge in [-0.05, 0) is 42.8 Å². The van der Waals surface area contributed by atoms with Gasteiger partial charge in [-0.3, -0.25) is 14.9 Å². The first-order valence-corrected chi connectivity index (χ1v) is 6.70. The molecule has 0 atom stereocenters. The SMILES string of the molecule is COc1ccc([N+](=O)[O-])c(C(=O)Nc2ccc(Cl)cc2C)c1. The smallest absolute Gasteiger partial charge is 0.282 e. The number of amides is 1. The molecular formula is C15H13ClN2O4. The number of nitrogens with zero attached hydrogens (tertiary/aromatic N) is 1. The summed E-state index contributed by atoms with van der Waals surface area (Å²) >= 11 is 5.86. The van der Waals surface area contributed by atoms with E-state index in [4.69, 9.17) is 16.3 Å². The van der Waals surface area contributed by atoms with Crippen molar-refractivity contribution in [3.63, 3.8) is 0 Å². The summed E-state index contributed by atoms with van der Waals surface area (Å²) in [5, 5.41) is 14.2. The zero-order valence-corrected chi connectivity index (χ0v) is 12.7. The number of ether oxygens (including phenoxy) is 1. The maximum atomic E-state index is 12.3. The third-order valence-electron chi connectivity index (χ3n) is 3.08. The lowest BCUT2D eigenvalue weighted by Gasteiger charge is -2.10. The fourth-order valence-electron chi connectivity index (χ4n) is 1.94. The van der Waals surface area contributed by atoms with Crippen LogP contribution in [0.25, 0.3) is 0 Å². The van der Waals surface area contributed by atoms with Crippen molar-refractivity contribution < 1.29 is 14.5 Å². The number of nitro groups is 1. The van der Waals surface area contributed by atoms with Crippen molar-refractivity contribution in [1.82, 2.24) is 0 Å². The van der Waals surface area contributed by atoms with E-state index in [1.165, 1.54) is 25.3 Å². The quantitative estimate of drug-likeness (QED) is 0.686. The van der Waals surface area contributed by atoms with Gasteiger partial charge in [-0.2, -0.15) is 0 Å². The van der Waals surface area contributed by atoms with E-state index in [1.54, 1.807) is 25.1 Å². The van der Waals surface area contributed by atoms with Gasteiger partial charge in [0.1, 0.15) is 11.3 Å². The summed E-state index contributed by atoms with van der Waals surface area (Å²) in [5.41, 5.74) is 0.932. The van der Waals surface area contributed by atoms with Gasteiger partial charge in [-0.1, -0.05) is 11.6 Å². The van der Waals surface area contributed by atoms with Gasteiger partial charge in [-0.25, -0.2) is 0 Å². The van der Waals surface area contributed by atoms with E-state index >= 15 is 0 Å². The van der Waals surface area contributed by atoms with Gasteiger partial charge in [0.25, 0.3) is 11.6 Å². The third kappa shape index (κ3) is 3.35. The Kier molecular flexibility index (Phi) is 4.62. The molecule has 0 saturated heterocycles.